The van der Waals surface area contributed by atoms with Crippen molar-refractivity contribution < 1.29 is 13.9 Å². The molecule has 0 aromatic heterocycles. The molecule has 7 nitrogen and oxygen atoms in total. The minimum atomic E-state index is -0.989. The van der Waals surface area contributed by atoms with E-state index in [4.69, 9.17) is 0 Å². The number of amides is 1. The second-order valence-electron chi connectivity index (χ2n) is 4.05. The van der Waals surface area contributed by atoms with Gasteiger partial charge in [-0.15, -0.1) is 0 Å². The fraction of sp³-hybridized carbons (Fsp3) is 0.417. The van der Waals surface area contributed by atoms with Crippen LogP contribution in [0, 0.1) is 10.1 Å². The smallest absolute Gasteiger partial charge is 0.293 e. The Balaban J connectivity index is 2.85. The maximum absolute atomic E-state index is 11.8. The monoisotopic (exact) mass is 299 g/mol. The van der Waals surface area contributed by atoms with E-state index in [0.29, 0.717) is 18.0 Å². The summed E-state index contributed by atoms with van der Waals surface area (Å²) in [6.45, 7) is 2.65. The summed E-state index contributed by atoms with van der Waals surface area (Å²) in [7, 11) is -0.989. The van der Waals surface area contributed by atoms with Crippen molar-refractivity contribution in [1.29, 1.82) is 0 Å². The van der Waals surface area contributed by atoms with Crippen LogP contribution in [0.2, 0.25) is 0 Å². The van der Waals surface area contributed by atoms with Crippen LogP contribution in [0.3, 0.4) is 0 Å². The molecule has 1 unspecified atom stereocenters. The van der Waals surface area contributed by atoms with Gasteiger partial charge in [-0.2, -0.15) is 0 Å². The number of nitro benzene ring substituents is 1. The number of nitrogens with zero attached hydrogens (tertiary/aromatic N) is 1. The van der Waals surface area contributed by atoms with Gasteiger partial charge in [-0.3, -0.25) is 19.1 Å². The number of carbonyl (C=O) groups is 1. The molecule has 0 bridgehead atoms. The summed E-state index contributed by atoms with van der Waals surface area (Å²) in [5, 5.41) is 16.4. The average Bonchev–Trinajstić information content (AvgIpc) is 2.38. The van der Waals surface area contributed by atoms with Crippen LogP contribution in [0.15, 0.2) is 18.2 Å². The molecule has 1 amide bonds. The minimum Gasteiger partial charge on any atom is -0.380 e. The highest BCUT2D eigenvalue weighted by Gasteiger charge is 2.16. The molecule has 110 valence electrons. The molecule has 8 heteroatoms. The van der Waals surface area contributed by atoms with E-state index < -0.39 is 21.6 Å². The molecule has 1 atom stereocenters. The standard InChI is InChI=1S/C12H17N3O4S/c1-3-13-10-5-4-9(8-11(10)15(17)18)12(16)14-6-7-20(2)19/h4-5,8,13H,3,6-7H2,1-2H3,(H,14,16). The van der Waals surface area contributed by atoms with E-state index >= 15 is 0 Å². The third kappa shape index (κ3) is 4.61. The molecule has 0 aliphatic carbocycles. The Bertz CT molecular complexity index is 533. The summed E-state index contributed by atoms with van der Waals surface area (Å²) in [4.78, 5) is 22.3. The molecule has 0 heterocycles. The second-order valence-corrected chi connectivity index (χ2v) is 5.61. The molecule has 1 aromatic rings. The van der Waals surface area contributed by atoms with Gasteiger partial charge in [-0.05, 0) is 19.1 Å². The number of nitrogens with one attached hydrogen (secondary N) is 2. The number of carbonyl (C=O) groups excluding carboxylic acids is 1. The Morgan fingerprint density at radius 3 is 2.70 bits per heavy atom. The van der Waals surface area contributed by atoms with Crippen LogP contribution < -0.4 is 10.6 Å². The van der Waals surface area contributed by atoms with Gasteiger partial charge in [0.05, 0.1) is 4.92 Å². The van der Waals surface area contributed by atoms with Crippen LogP contribution in [0.1, 0.15) is 17.3 Å². The maximum atomic E-state index is 11.8. The Morgan fingerprint density at radius 1 is 1.45 bits per heavy atom. The summed E-state index contributed by atoms with van der Waals surface area (Å²) in [6, 6.07) is 4.26. The van der Waals surface area contributed by atoms with Gasteiger partial charge in [-0.25, -0.2) is 0 Å². The van der Waals surface area contributed by atoms with Crippen LogP contribution in [-0.4, -0.2) is 40.1 Å². The normalized spacial score (nSPS) is 11.7. The molecule has 1 aromatic carbocycles. The van der Waals surface area contributed by atoms with Crippen LogP contribution in [0.5, 0.6) is 0 Å². The summed E-state index contributed by atoms with van der Waals surface area (Å²) < 4.78 is 10.9. The maximum Gasteiger partial charge on any atom is 0.293 e. The molecule has 0 spiro atoms. The number of hydrogen-bond acceptors (Lipinski definition) is 5. The number of anilines is 1. The lowest BCUT2D eigenvalue weighted by atomic mass is 10.1. The van der Waals surface area contributed by atoms with Crippen LogP contribution in [-0.2, 0) is 10.8 Å². The zero-order valence-electron chi connectivity index (χ0n) is 11.3. The van der Waals surface area contributed by atoms with Gasteiger partial charge in [0.25, 0.3) is 11.6 Å². The lowest BCUT2D eigenvalue weighted by Crippen LogP contribution is -2.27. The highest BCUT2D eigenvalue weighted by atomic mass is 32.2. The first kappa shape index (κ1) is 16.1. The van der Waals surface area contributed by atoms with Gasteiger partial charge < -0.3 is 10.6 Å². The first-order valence-electron chi connectivity index (χ1n) is 6.06. The van der Waals surface area contributed by atoms with Crippen molar-refractivity contribution in [2.45, 2.75) is 6.92 Å². The van der Waals surface area contributed by atoms with Crippen LogP contribution in [0.4, 0.5) is 11.4 Å². The molecular formula is C12H17N3O4S. The topological polar surface area (TPSA) is 101 Å². The van der Waals surface area contributed by atoms with Crippen molar-refractivity contribution in [1.82, 2.24) is 5.32 Å². The SMILES string of the molecule is CCNc1ccc(C(=O)NCCS(C)=O)cc1[N+](=O)[O-]. The van der Waals surface area contributed by atoms with Crippen molar-refractivity contribution in [2.24, 2.45) is 0 Å². The summed E-state index contributed by atoms with van der Waals surface area (Å²) in [5.74, 6) is -0.0647. The van der Waals surface area contributed by atoms with Crippen molar-refractivity contribution >= 4 is 28.1 Å². The van der Waals surface area contributed by atoms with E-state index in [1.165, 1.54) is 18.2 Å². The summed E-state index contributed by atoms with van der Waals surface area (Å²) in [5.41, 5.74) is 0.447. The lowest BCUT2D eigenvalue weighted by Gasteiger charge is -2.07. The molecule has 0 aliphatic heterocycles. The fourth-order valence-electron chi connectivity index (χ4n) is 1.57. The predicted molar refractivity (Wildman–Crippen MR) is 78.5 cm³/mol. The van der Waals surface area contributed by atoms with Crippen molar-refractivity contribution in [3.8, 4) is 0 Å². The van der Waals surface area contributed by atoms with Crippen molar-refractivity contribution in [3.63, 3.8) is 0 Å². The number of nitro groups is 1. The van der Waals surface area contributed by atoms with Gasteiger partial charge in [0.15, 0.2) is 0 Å². The molecule has 0 fully saturated rings. The molecule has 1 rings (SSSR count). The fourth-order valence-corrected chi connectivity index (χ4v) is 1.96. The first-order chi connectivity index (χ1) is 9.45. The Kier molecular flexibility index (Phi) is 6.10. The van der Waals surface area contributed by atoms with E-state index in [-0.39, 0.29) is 17.8 Å². The van der Waals surface area contributed by atoms with E-state index in [1.807, 2.05) is 6.92 Å². The minimum absolute atomic E-state index is 0.140. The molecular weight excluding hydrogens is 282 g/mol. The molecule has 0 saturated heterocycles. The van der Waals surface area contributed by atoms with E-state index in [9.17, 15) is 19.1 Å². The molecule has 20 heavy (non-hydrogen) atoms. The highest BCUT2D eigenvalue weighted by molar-refractivity contribution is 7.84. The largest absolute Gasteiger partial charge is 0.380 e. The highest BCUT2D eigenvalue weighted by Crippen LogP contribution is 2.25. The van der Waals surface area contributed by atoms with E-state index in [0.717, 1.165) is 0 Å². The van der Waals surface area contributed by atoms with Crippen LogP contribution in [0.25, 0.3) is 0 Å². The quantitative estimate of drug-likeness (QED) is 0.580. The zero-order chi connectivity index (χ0) is 15.1. The van der Waals surface area contributed by atoms with Gasteiger partial charge in [0.2, 0.25) is 0 Å². The zero-order valence-corrected chi connectivity index (χ0v) is 12.2. The number of rotatable bonds is 7. The molecule has 0 saturated carbocycles. The number of hydrogen-bond donors (Lipinski definition) is 2. The lowest BCUT2D eigenvalue weighted by molar-refractivity contribution is -0.384. The van der Waals surface area contributed by atoms with Crippen molar-refractivity contribution in [2.75, 3.05) is 30.4 Å². The van der Waals surface area contributed by atoms with Crippen LogP contribution >= 0.6 is 0 Å². The van der Waals surface area contributed by atoms with Crippen molar-refractivity contribution in [3.05, 3.63) is 33.9 Å². The molecule has 2 N–H and O–H groups in total. The third-order valence-electron chi connectivity index (χ3n) is 2.50. The van der Waals surface area contributed by atoms with Gasteiger partial charge in [-0.1, -0.05) is 0 Å². The summed E-state index contributed by atoms with van der Waals surface area (Å²) in [6.07, 6.45) is 1.54. The van der Waals surface area contributed by atoms with E-state index in [1.54, 1.807) is 6.26 Å². The molecule has 0 radical (unpaired) electrons. The van der Waals surface area contributed by atoms with Gasteiger partial charge >= 0.3 is 0 Å². The third-order valence-corrected chi connectivity index (χ3v) is 3.28. The van der Waals surface area contributed by atoms with E-state index in [2.05, 4.69) is 10.6 Å². The Morgan fingerprint density at radius 2 is 2.15 bits per heavy atom. The average molecular weight is 299 g/mol. The Hall–Kier alpha value is -1.96. The summed E-state index contributed by atoms with van der Waals surface area (Å²) >= 11 is 0. The Labute approximate surface area is 119 Å². The van der Waals surface area contributed by atoms with Gasteiger partial charge in [0, 0.05) is 47.5 Å². The number of benzene rings is 1. The van der Waals surface area contributed by atoms with Gasteiger partial charge in [0.1, 0.15) is 5.69 Å². The second kappa shape index (κ2) is 7.59. The predicted octanol–water partition coefficient (Wildman–Crippen LogP) is 1.13. The first-order valence-corrected chi connectivity index (χ1v) is 7.79. The molecule has 0 aliphatic rings.